The molecule has 0 aliphatic carbocycles. The van der Waals surface area contributed by atoms with Gasteiger partial charge in [-0.3, -0.25) is 4.79 Å². The molecule has 6 nitrogen and oxygen atoms in total. The van der Waals surface area contributed by atoms with Gasteiger partial charge in [0.25, 0.3) is 5.91 Å². The Labute approximate surface area is 183 Å². The predicted molar refractivity (Wildman–Crippen MR) is 113 cm³/mol. The second-order valence-electron chi connectivity index (χ2n) is 7.74. The van der Waals surface area contributed by atoms with Gasteiger partial charge in [0.2, 0.25) is 0 Å². The van der Waals surface area contributed by atoms with Crippen molar-refractivity contribution in [3.8, 4) is 11.4 Å². The number of ether oxygens (including phenoxy) is 1. The van der Waals surface area contributed by atoms with E-state index >= 15 is 0 Å². The number of aryl methyl sites for hydroxylation is 1. The molecule has 32 heavy (non-hydrogen) atoms. The molecule has 0 saturated heterocycles. The number of nitrogens with one attached hydrogen (secondary N) is 1. The third-order valence-corrected chi connectivity index (χ3v) is 5.26. The lowest BCUT2D eigenvalue weighted by Crippen LogP contribution is -2.16. The summed E-state index contributed by atoms with van der Waals surface area (Å²) in [5, 5.41) is 11.5. The predicted octanol–water partition coefficient (Wildman–Crippen LogP) is 5.00. The third kappa shape index (κ3) is 5.53. The molecule has 168 valence electrons. The fourth-order valence-corrected chi connectivity index (χ4v) is 3.64. The van der Waals surface area contributed by atoms with Crippen LogP contribution in [-0.4, -0.2) is 33.5 Å². The number of anilines is 1. The van der Waals surface area contributed by atoms with Crippen LogP contribution in [-0.2, 0) is 24.3 Å². The molecule has 9 heteroatoms. The van der Waals surface area contributed by atoms with Crippen molar-refractivity contribution in [2.24, 2.45) is 0 Å². The number of carbonyl (C=O) groups excluding carboxylic acids is 1. The number of alkyl halides is 3. The van der Waals surface area contributed by atoms with Gasteiger partial charge < -0.3 is 14.6 Å². The first-order valence-corrected chi connectivity index (χ1v) is 10.5. The smallest absolute Gasteiger partial charge is 0.367 e. The minimum Gasteiger partial charge on any atom is -0.367 e. The summed E-state index contributed by atoms with van der Waals surface area (Å²) in [5.41, 5.74) is 2.53. The summed E-state index contributed by atoms with van der Waals surface area (Å²) in [6, 6.07) is 13.7. The monoisotopic (exact) mass is 444 g/mol. The largest absolute Gasteiger partial charge is 0.411 e. The number of benzene rings is 2. The zero-order valence-electron chi connectivity index (χ0n) is 17.4. The van der Waals surface area contributed by atoms with E-state index in [0.29, 0.717) is 16.8 Å². The number of aromatic nitrogens is 3. The zero-order chi connectivity index (χ0) is 22.6. The van der Waals surface area contributed by atoms with E-state index < -0.39 is 12.8 Å². The topological polar surface area (TPSA) is 69.0 Å². The van der Waals surface area contributed by atoms with Gasteiger partial charge in [0, 0.05) is 29.8 Å². The molecule has 0 atom stereocenters. The van der Waals surface area contributed by atoms with Crippen LogP contribution < -0.4 is 5.32 Å². The lowest BCUT2D eigenvalue weighted by atomic mass is 10.1. The normalized spacial score (nSPS) is 14.0. The van der Waals surface area contributed by atoms with Gasteiger partial charge in [0.1, 0.15) is 12.4 Å². The van der Waals surface area contributed by atoms with Crippen LogP contribution >= 0.6 is 0 Å². The van der Waals surface area contributed by atoms with Crippen LogP contribution in [0.1, 0.15) is 41.0 Å². The van der Waals surface area contributed by atoms with Crippen LogP contribution in [0.2, 0.25) is 0 Å². The van der Waals surface area contributed by atoms with Gasteiger partial charge in [-0.1, -0.05) is 18.6 Å². The quantitative estimate of drug-likeness (QED) is 0.581. The van der Waals surface area contributed by atoms with Crippen LogP contribution in [0.15, 0.2) is 48.5 Å². The summed E-state index contributed by atoms with van der Waals surface area (Å²) in [6.07, 6.45) is 0.00986. The van der Waals surface area contributed by atoms with Crippen molar-refractivity contribution in [2.75, 3.05) is 11.9 Å². The van der Waals surface area contributed by atoms with Crippen molar-refractivity contribution in [2.45, 2.75) is 45.0 Å². The molecule has 1 N–H and O–H groups in total. The SMILES string of the molecule is O=C(Nc1ccc(-c2nnc3n2CCCCC3)cc1)c1ccc(COCC(F)(F)F)cc1. The molecule has 0 bridgehead atoms. The van der Waals surface area contributed by atoms with Crippen molar-refractivity contribution in [1.29, 1.82) is 0 Å². The summed E-state index contributed by atoms with van der Waals surface area (Å²) < 4.78 is 43.2. The number of carbonyl (C=O) groups is 1. The number of nitrogens with zero attached hydrogens (tertiary/aromatic N) is 3. The number of halogens is 3. The molecular formula is C23H23F3N4O2. The molecule has 0 spiro atoms. The first-order chi connectivity index (χ1) is 15.4. The van der Waals surface area contributed by atoms with Crippen LogP contribution in [0.5, 0.6) is 0 Å². The summed E-state index contributed by atoms with van der Waals surface area (Å²) in [7, 11) is 0. The molecule has 1 amide bonds. The van der Waals surface area contributed by atoms with Crippen molar-refractivity contribution in [3.63, 3.8) is 0 Å². The lowest BCUT2D eigenvalue weighted by Gasteiger charge is -2.10. The Bertz CT molecular complexity index is 1060. The molecule has 1 aliphatic rings. The summed E-state index contributed by atoms with van der Waals surface area (Å²) >= 11 is 0. The molecular weight excluding hydrogens is 421 g/mol. The lowest BCUT2D eigenvalue weighted by molar-refractivity contribution is -0.176. The summed E-state index contributed by atoms with van der Waals surface area (Å²) in [6.45, 7) is -0.564. The van der Waals surface area contributed by atoms with Crippen LogP contribution in [0.3, 0.4) is 0 Å². The Hall–Kier alpha value is -3.20. The molecule has 0 fully saturated rings. The van der Waals surface area contributed by atoms with Gasteiger partial charge in [-0.15, -0.1) is 10.2 Å². The average molecular weight is 444 g/mol. The van der Waals surface area contributed by atoms with E-state index in [4.69, 9.17) is 0 Å². The van der Waals surface area contributed by atoms with Gasteiger partial charge in [-0.2, -0.15) is 13.2 Å². The minimum atomic E-state index is -4.36. The molecule has 0 radical (unpaired) electrons. The highest BCUT2D eigenvalue weighted by molar-refractivity contribution is 6.04. The number of amides is 1. The van der Waals surface area contributed by atoms with E-state index in [9.17, 15) is 18.0 Å². The highest BCUT2D eigenvalue weighted by Gasteiger charge is 2.27. The molecule has 0 unspecified atom stereocenters. The van der Waals surface area contributed by atoms with Crippen LogP contribution in [0.25, 0.3) is 11.4 Å². The fourth-order valence-electron chi connectivity index (χ4n) is 3.64. The molecule has 4 rings (SSSR count). The summed E-state index contributed by atoms with van der Waals surface area (Å²) in [4.78, 5) is 12.5. The third-order valence-electron chi connectivity index (χ3n) is 5.26. The van der Waals surface area contributed by atoms with Crippen molar-refractivity contribution >= 4 is 11.6 Å². The van der Waals surface area contributed by atoms with Crippen molar-refractivity contribution < 1.29 is 22.7 Å². The Kier molecular flexibility index (Phi) is 6.55. The Balaban J connectivity index is 1.36. The first kappa shape index (κ1) is 22.0. The zero-order valence-corrected chi connectivity index (χ0v) is 17.4. The number of fused-ring (bicyclic) bond motifs is 1. The second kappa shape index (κ2) is 9.52. The van der Waals surface area contributed by atoms with E-state index in [2.05, 4.69) is 24.8 Å². The van der Waals surface area contributed by atoms with Crippen molar-refractivity contribution in [3.05, 3.63) is 65.5 Å². The van der Waals surface area contributed by atoms with Crippen LogP contribution in [0.4, 0.5) is 18.9 Å². The number of hydrogen-bond acceptors (Lipinski definition) is 4. The van der Waals surface area contributed by atoms with E-state index in [1.807, 2.05) is 24.3 Å². The van der Waals surface area contributed by atoms with Crippen LogP contribution in [0, 0.1) is 0 Å². The van der Waals surface area contributed by atoms with Gasteiger partial charge in [-0.05, 0) is 54.8 Å². The van der Waals surface area contributed by atoms with Crippen molar-refractivity contribution in [1.82, 2.24) is 14.8 Å². The maximum absolute atomic E-state index is 12.5. The van der Waals surface area contributed by atoms with E-state index in [1.165, 1.54) is 6.42 Å². The van der Waals surface area contributed by atoms with E-state index in [0.717, 1.165) is 43.0 Å². The summed E-state index contributed by atoms with van der Waals surface area (Å²) in [5.74, 6) is 1.54. The Morgan fingerprint density at radius 3 is 2.47 bits per heavy atom. The maximum atomic E-state index is 12.5. The van der Waals surface area contributed by atoms with Gasteiger partial charge in [-0.25, -0.2) is 0 Å². The molecule has 2 heterocycles. The average Bonchev–Trinajstić information content (AvgIpc) is 3.02. The Morgan fingerprint density at radius 2 is 1.75 bits per heavy atom. The Morgan fingerprint density at radius 1 is 1.00 bits per heavy atom. The molecule has 3 aromatic rings. The number of rotatable bonds is 6. The van der Waals surface area contributed by atoms with E-state index in [-0.39, 0.29) is 12.5 Å². The first-order valence-electron chi connectivity index (χ1n) is 10.5. The molecule has 2 aromatic carbocycles. The standard InChI is InChI=1S/C23H23F3N4O2/c24-23(25,26)15-32-14-16-5-7-18(8-6-16)22(31)27-19-11-9-17(10-12-19)21-29-28-20-4-2-1-3-13-30(20)21/h5-12H,1-4,13-15H2,(H,27,31). The minimum absolute atomic E-state index is 0.171. The van der Waals surface area contributed by atoms with Gasteiger partial charge in [0.15, 0.2) is 5.82 Å². The fraction of sp³-hybridized carbons (Fsp3) is 0.348. The van der Waals surface area contributed by atoms with Gasteiger partial charge >= 0.3 is 6.18 Å². The molecule has 1 aliphatic heterocycles. The van der Waals surface area contributed by atoms with Gasteiger partial charge in [0.05, 0.1) is 6.61 Å². The maximum Gasteiger partial charge on any atom is 0.411 e. The number of hydrogen-bond donors (Lipinski definition) is 1. The van der Waals surface area contributed by atoms with E-state index in [1.54, 1.807) is 24.3 Å². The molecule has 1 aromatic heterocycles. The highest BCUT2D eigenvalue weighted by atomic mass is 19.4. The molecule has 0 saturated carbocycles. The highest BCUT2D eigenvalue weighted by Crippen LogP contribution is 2.24. The second-order valence-corrected chi connectivity index (χ2v) is 7.74.